The van der Waals surface area contributed by atoms with E-state index >= 15 is 4.39 Å². The van der Waals surface area contributed by atoms with Gasteiger partial charge >= 0.3 is 6.18 Å². The van der Waals surface area contributed by atoms with Crippen LogP contribution in [0.2, 0.25) is 0 Å². The van der Waals surface area contributed by atoms with Crippen LogP contribution in [0.4, 0.5) is 30.7 Å². The van der Waals surface area contributed by atoms with Crippen molar-refractivity contribution in [3.8, 4) is 11.1 Å². The van der Waals surface area contributed by atoms with Crippen molar-refractivity contribution < 1.29 is 35.5 Å². The van der Waals surface area contributed by atoms with Crippen LogP contribution >= 0.6 is 0 Å². The standard InChI is InChI=1S/C32H25F7N4O/c1-16(40)25-11-18(4-5-26(25)35)24-3-2-6-41-29(24)19(7-17-8-21(33)13-22(34)9-17)10-23(44)15-43-27-12-20-14-31(20,36)28(27)30(42-43)32(37,38)39/h2-6,8-9,11,13,19-20H,1,7,10,12,14-15,40H2/t19-,20?,31?/m1/s1. The van der Waals surface area contributed by atoms with Gasteiger partial charge in [0.2, 0.25) is 0 Å². The number of Topliss-reactive ketones (excluding diaryl/α,β-unsaturated/α-hetero) is 1. The fourth-order valence-corrected chi connectivity index (χ4v) is 6.25. The van der Waals surface area contributed by atoms with Gasteiger partial charge in [0, 0.05) is 58.6 Å². The number of carbonyl (C=O) groups is 1. The third-order valence-corrected chi connectivity index (χ3v) is 8.27. The van der Waals surface area contributed by atoms with Crippen molar-refractivity contribution >= 4 is 11.5 Å². The molecule has 2 aromatic heterocycles. The summed E-state index contributed by atoms with van der Waals surface area (Å²) in [5, 5.41) is 3.61. The smallest absolute Gasteiger partial charge is 0.399 e. The molecule has 2 aliphatic carbocycles. The van der Waals surface area contributed by atoms with Gasteiger partial charge < -0.3 is 5.73 Å². The fourth-order valence-electron chi connectivity index (χ4n) is 6.25. The number of rotatable bonds is 9. The number of halogens is 7. The highest BCUT2D eigenvalue weighted by molar-refractivity contribution is 5.80. The second-order valence-corrected chi connectivity index (χ2v) is 11.4. The summed E-state index contributed by atoms with van der Waals surface area (Å²) in [6.07, 6.45) is -3.79. The maximum atomic E-state index is 15.1. The normalized spacial score (nSPS) is 19.4. The van der Waals surface area contributed by atoms with E-state index in [2.05, 4.69) is 16.7 Å². The lowest BCUT2D eigenvalue weighted by Gasteiger charge is -2.20. The number of benzene rings is 2. The molecule has 228 valence electrons. The molecule has 0 amide bonds. The largest absolute Gasteiger partial charge is 0.435 e. The van der Waals surface area contributed by atoms with Crippen molar-refractivity contribution in [3.63, 3.8) is 0 Å². The van der Waals surface area contributed by atoms with Gasteiger partial charge in [-0.2, -0.15) is 18.3 Å². The SMILES string of the molecule is C=C(N)c1cc(-c2cccnc2[C@@H](CC(=O)Cn2nc(C(F)(F)F)c3c2CC2CC32F)Cc2cc(F)cc(F)c2)ccc1F. The predicted molar refractivity (Wildman–Crippen MR) is 147 cm³/mol. The number of carbonyl (C=O) groups excluding carboxylic acids is 1. The average molecular weight is 615 g/mol. The number of fused-ring (bicyclic) bond motifs is 3. The minimum absolute atomic E-state index is 0.0138. The van der Waals surface area contributed by atoms with Crippen molar-refractivity contribution in [1.29, 1.82) is 0 Å². The molecule has 5 nitrogen and oxygen atoms in total. The zero-order valence-electron chi connectivity index (χ0n) is 23.1. The number of nitrogens with two attached hydrogens (primary N) is 1. The number of pyridine rings is 1. The van der Waals surface area contributed by atoms with Crippen LogP contribution in [0.3, 0.4) is 0 Å². The van der Waals surface area contributed by atoms with E-state index in [0.717, 1.165) is 16.8 Å². The fraction of sp³-hybridized carbons (Fsp3) is 0.281. The number of ketones is 1. The van der Waals surface area contributed by atoms with Crippen molar-refractivity contribution in [1.82, 2.24) is 14.8 Å². The first-order chi connectivity index (χ1) is 20.7. The van der Waals surface area contributed by atoms with E-state index in [-0.39, 0.29) is 48.2 Å². The Kier molecular flexibility index (Phi) is 7.13. The highest BCUT2D eigenvalue weighted by Crippen LogP contribution is 2.65. The molecular formula is C32H25F7N4O. The molecule has 2 unspecified atom stereocenters. The van der Waals surface area contributed by atoms with Gasteiger partial charge in [-0.05, 0) is 60.7 Å². The molecule has 0 aliphatic heterocycles. The number of aromatic nitrogens is 3. The van der Waals surface area contributed by atoms with E-state index in [0.29, 0.717) is 22.9 Å². The summed E-state index contributed by atoms with van der Waals surface area (Å²) in [6.45, 7) is 3.02. The molecule has 4 aromatic rings. The first-order valence-corrected chi connectivity index (χ1v) is 13.8. The molecule has 12 heteroatoms. The first kappa shape index (κ1) is 29.6. The molecule has 1 saturated carbocycles. The van der Waals surface area contributed by atoms with Crippen molar-refractivity contribution in [2.75, 3.05) is 0 Å². The van der Waals surface area contributed by atoms with Crippen molar-refractivity contribution in [2.45, 2.75) is 50.0 Å². The van der Waals surface area contributed by atoms with Crippen LogP contribution in [-0.4, -0.2) is 20.5 Å². The van der Waals surface area contributed by atoms with Gasteiger partial charge in [0.15, 0.2) is 11.5 Å². The van der Waals surface area contributed by atoms with Crippen LogP contribution in [-0.2, 0) is 36.0 Å². The van der Waals surface area contributed by atoms with Gasteiger partial charge in [0.1, 0.15) is 23.1 Å². The number of hydrogen-bond donors (Lipinski definition) is 1. The van der Waals surface area contributed by atoms with Crippen LogP contribution in [0.15, 0.2) is 61.3 Å². The summed E-state index contributed by atoms with van der Waals surface area (Å²) in [7, 11) is 0. The topological polar surface area (TPSA) is 73.8 Å². The molecule has 2 N–H and O–H groups in total. The van der Waals surface area contributed by atoms with E-state index in [4.69, 9.17) is 5.73 Å². The molecule has 2 aliphatic rings. The Morgan fingerprint density at radius 3 is 2.52 bits per heavy atom. The summed E-state index contributed by atoms with van der Waals surface area (Å²) < 4.78 is 100.0. The molecule has 0 spiro atoms. The van der Waals surface area contributed by atoms with Crippen molar-refractivity contribution in [3.05, 3.63) is 113 Å². The third-order valence-electron chi connectivity index (χ3n) is 8.27. The third kappa shape index (κ3) is 5.37. The van der Waals surface area contributed by atoms with Crippen LogP contribution in [0.1, 0.15) is 52.5 Å². The molecule has 6 rings (SSSR count). The van der Waals surface area contributed by atoms with Gasteiger partial charge in [-0.15, -0.1) is 0 Å². The van der Waals surface area contributed by atoms with E-state index < -0.39 is 64.7 Å². The summed E-state index contributed by atoms with van der Waals surface area (Å²) in [6, 6.07) is 10.3. The van der Waals surface area contributed by atoms with Crippen LogP contribution in [0, 0.1) is 23.4 Å². The lowest BCUT2D eigenvalue weighted by atomic mass is 9.86. The Morgan fingerprint density at radius 1 is 1.11 bits per heavy atom. The van der Waals surface area contributed by atoms with Crippen molar-refractivity contribution in [2.24, 2.45) is 11.7 Å². The highest BCUT2D eigenvalue weighted by atomic mass is 19.4. The van der Waals surface area contributed by atoms with Gasteiger partial charge in [0.25, 0.3) is 0 Å². The van der Waals surface area contributed by atoms with Gasteiger partial charge in [0.05, 0.1) is 12.2 Å². The molecule has 3 atom stereocenters. The van der Waals surface area contributed by atoms with Crippen LogP contribution in [0.25, 0.3) is 16.8 Å². The Hall–Kier alpha value is -4.48. The molecule has 2 heterocycles. The lowest BCUT2D eigenvalue weighted by Crippen LogP contribution is -2.19. The molecular weight excluding hydrogens is 589 g/mol. The summed E-state index contributed by atoms with van der Waals surface area (Å²) >= 11 is 0. The number of hydrogen-bond acceptors (Lipinski definition) is 4. The van der Waals surface area contributed by atoms with Gasteiger partial charge in [-0.3, -0.25) is 14.5 Å². The average Bonchev–Trinajstić information content (AvgIpc) is 3.29. The second-order valence-electron chi connectivity index (χ2n) is 11.4. The molecule has 44 heavy (non-hydrogen) atoms. The molecule has 0 bridgehead atoms. The Balaban J connectivity index is 1.37. The first-order valence-electron chi connectivity index (χ1n) is 13.8. The Labute approximate surface area is 247 Å². The lowest BCUT2D eigenvalue weighted by molar-refractivity contribution is -0.143. The van der Waals surface area contributed by atoms with E-state index in [9.17, 15) is 31.1 Å². The maximum absolute atomic E-state index is 15.1. The van der Waals surface area contributed by atoms with Crippen LogP contribution < -0.4 is 5.73 Å². The summed E-state index contributed by atoms with van der Waals surface area (Å²) in [5.74, 6) is -4.21. The monoisotopic (exact) mass is 614 g/mol. The predicted octanol–water partition coefficient (Wildman–Crippen LogP) is 7.04. The summed E-state index contributed by atoms with van der Waals surface area (Å²) in [5.41, 5.74) is 3.42. The highest BCUT2D eigenvalue weighted by Gasteiger charge is 2.66. The van der Waals surface area contributed by atoms with E-state index in [1.807, 2.05) is 0 Å². The second kappa shape index (κ2) is 10.6. The van der Waals surface area contributed by atoms with E-state index in [1.54, 1.807) is 12.1 Å². The molecule has 1 fully saturated rings. The zero-order chi connectivity index (χ0) is 31.6. The van der Waals surface area contributed by atoms with Gasteiger partial charge in [-0.25, -0.2) is 17.6 Å². The Morgan fingerprint density at radius 2 is 1.84 bits per heavy atom. The number of nitrogens with zero attached hydrogens (tertiary/aromatic N) is 3. The Bertz CT molecular complexity index is 1790. The minimum Gasteiger partial charge on any atom is -0.399 e. The molecule has 2 aromatic carbocycles. The van der Waals surface area contributed by atoms with Gasteiger partial charge in [-0.1, -0.05) is 18.7 Å². The quantitative estimate of drug-likeness (QED) is 0.206. The molecule has 0 saturated heterocycles. The molecule has 0 radical (unpaired) electrons. The maximum Gasteiger partial charge on any atom is 0.435 e. The summed E-state index contributed by atoms with van der Waals surface area (Å²) in [4.78, 5) is 18.0. The van der Waals surface area contributed by atoms with Crippen LogP contribution in [0.5, 0.6) is 0 Å². The number of alkyl halides is 4. The zero-order valence-corrected chi connectivity index (χ0v) is 23.1. The minimum atomic E-state index is -4.90. The van der Waals surface area contributed by atoms with E-state index in [1.165, 1.54) is 24.4 Å².